The molecule has 5 nitrogen and oxygen atoms in total. The number of halogens is 3. The van der Waals surface area contributed by atoms with Crippen molar-refractivity contribution >= 4 is 5.97 Å². The predicted molar refractivity (Wildman–Crippen MR) is 58.2 cm³/mol. The first-order chi connectivity index (χ1) is 8.80. The average Bonchev–Trinajstić information content (AvgIpc) is 2.27. The molecule has 0 saturated carbocycles. The highest BCUT2D eigenvalue weighted by atomic mass is 19.4. The maximum Gasteiger partial charge on any atom is 0.574 e. The fourth-order valence-corrected chi connectivity index (χ4v) is 1.40. The number of alkyl halides is 3. The van der Waals surface area contributed by atoms with Gasteiger partial charge in [0.1, 0.15) is 0 Å². The first-order valence-corrected chi connectivity index (χ1v) is 5.26. The van der Waals surface area contributed by atoms with E-state index in [2.05, 4.69) is 9.72 Å². The fourth-order valence-electron chi connectivity index (χ4n) is 1.40. The van der Waals surface area contributed by atoms with Gasteiger partial charge in [-0.15, -0.1) is 13.2 Å². The lowest BCUT2D eigenvalue weighted by molar-refractivity contribution is -0.276. The molecule has 1 heterocycles. The molecular formula is C11H12F3NO4. The maximum atomic E-state index is 12.2. The number of carbonyl (C=O) groups is 1. The molecule has 0 fully saturated rings. The second kappa shape index (κ2) is 5.77. The van der Waals surface area contributed by atoms with Gasteiger partial charge in [0.15, 0.2) is 5.75 Å². The second-order valence-electron chi connectivity index (χ2n) is 3.40. The Bertz CT molecular complexity index is 474. The van der Waals surface area contributed by atoms with E-state index in [1.165, 1.54) is 6.92 Å². The first-order valence-electron chi connectivity index (χ1n) is 5.26. The maximum absolute atomic E-state index is 12.2. The van der Waals surface area contributed by atoms with Gasteiger partial charge in [0.25, 0.3) is 5.88 Å². The Labute approximate surface area is 107 Å². The second-order valence-corrected chi connectivity index (χ2v) is 3.40. The van der Waals surface area contributed by atoms with Crippen LogP contribution in [0.3, 0.4) is 0 Å². The number of ether oxygens (including phenoxy) is 3. The highest BCUT2D eigenvalue weighted by Crippen LogP contribution is 2.34. The van der Waals surface area contributed by atoms with Gasteiger partial charge in [0.05, 0.1) is 19.3 Å². The van der Waals surface area contributed by atoms with Crippen LogP contribution in [0.25, 0.3) is 0 Å². The highest BCUT2D eigenvalue weighted by Gasteiger charge is 2.34. The van der Waals surface area contributed by atoms with E-state index in [4.69, 9.17) is 9.47 Å². The smallest absolute Gasteiger partial charge is 0.491 e. The van der Waals surface area contributed by atoms with Crippen LogP contribution in [-0.2, 0) is 4.74 Å². The van der Waals surface area contributed by atoms with E-state index in [1.807, 2.05) is 0 Å². The summed E-state index contributed by atoms with van der Waals surface area (Å²) >= 11 is 0. The molecule has 0 aliphatic carbocycles. The Morgan fingerprint density at radius 3 is 2.53 bits per heavy atom. The molecule has 0 radical (unpaired) electrons. The van der Waals surface area contributed by atoms with Gasteiger partial charge in [0.2, 0.25) is 0 Å². The number of carbonyl (C=O) groups excluding carboxylic acids is 1. The van der Waals surface area contributed by atoms with Gasteiger partial charge in [0, 0.05) is 11.8 Å². The molecule has 0 spiro atoms. The molecule has 0 N–H and O–H groups in total. The largest absolute Gasteiger partial charge is 0.574 e. The molecule has 0 aliphatic heterocycles. The Hall–Kier alpha value is -1.99. The van der Waals surface area contributed by atoms with Crippen molar-refractivity contribution in [3.05, 3.63) is 17.3 Å². The van der Waals surface area contributed by atoms with E-state index in [-0.39, 0.29) is 23.5 Å². The van der Waals surface area contributed by atoms with Gasteiger partial charge >= 0.3 is 12.3 Å². The summed E-state index contributed by atoms with van der Waals surface area (Å²) in [5, 5.41) is 0. The topological polar surface area (TPSA) is 57.7 Å². The van der Waals surface area contributed by atoms with E-state index in [9.17, 15) is 18.0 Å². The van der Waals surface area contributed by atoms with Crippen LogP contribution < -0.4 is 9.47 Å². The summed E-state index contributed by atoms with van der Waals surface area (Å²) in [6, 6.07) is 0. The van der Waals surface area contributed by atoms with E-state index in [1.54, 1.807) is 6.92 Å². The molecule has 0 aliphatic rings. The number of nitrogens with zero attached hydrogens (tertiary/aromatic N) is 1. The van der Waals surface area contributed by atoms with E-state index in [0.717, 1.165) is 13.3 Å². The number of rotatable bonds is 4. The molecule has 1 rings (SSSR count). The SMILES string of the molecule is CCOC(=O)c1cnc(OC(F)(F)F)c(OC)c1C. The quantitative estimate of drug-likeness (QED) is 0.792. The van der Waals surface area contributed by atoms with E-state index >= 15 is 0 Å². The van der Waals surface area contributed by atoms with Crippen LogP contribution in [-0.4, -0.2) is 31.0 Å². The summed E-state index contributed by atoms with van der Waals surface area (Å²) in [5.41, 5.74) is 0.184. The molecule has 0 aromatic carbocycles. The van der Waals surface area contributed by atoms with Crippen LogP contribution in [0.2, 0.25) is 0 Å². The minimum Gasteiger partial charge on any atom is -0.491 e. The van der Waals surface area contributed by atoms with Crippen molar-refractivity contribution < 1.29 is 32.2 Å². The van der Waals surface area contributed by atoms with Crippen molar-refractivity contribution in [2.24, 2.45) is 0 Å². The van der Waals surface area contributed by atoms with Crippen molar-refractivity contribution in [2.45, 2.75) is 20.2 Å². The summed E-state index contributed by atoms with van der Waals surface area (Å²) in [6.45, 7) is 3.16. The highest BCUT2D eigenvalue weighted by molar-refractivity contribution is 5.91. The number of esters is 1. The molecule has 106 valence electrons. The zero-order chi connectivity index (χ0) is 14.6. The van der Waals surface area contributed by atoms with Crippen LogP contribution in [0, 0.1) is 6.92 Å². The third-order valence-corrected chi connectivity index (χ3v) is 2.16. The number of aromatic nitrogens is 1. The summed E-state index contributed by atoms with van der Waals surface area (Å²) in [6.07, 6.45) is -3.94. The minimum atomic E-state index is -4.89. The molecule has 19 heavy (non-hydrogen) atoms. The predicted octanol–water partition coefficient (Wildman–Crippen LogP) is 2.47. The standard InChI is InChI=1S/C11H12F3NO4/c1-4-18-10(16)7-5-15-9(19-11(12,13)14)8(17-3)6(7)2/h5H,4H2,1-3H3. The van der Waals surface area contributed by atoms with Crippen LogP contribution in [0.5, 0.6) is 11.6 Å². The number of hydrogen-bond donors (Lipinski definition) is 0. The van der Waals surface area contributed by atoms with Crippen molar-refractivity contribution in [1.29, 1.82) is 0 Å². The Kier molecular flexibility index (Phi) is 4.57. The summed E-state index contributed by atoms with van der Waals surface area (Å²) in [7, 11) is 1.15. The van der Waals surface area contributed by atoms with Crippen LogP contribution >= 0.6 is 0 Å². The molecular weight excluding hydrogens is 267 g/mol. The lowest BCUT2D eigenvalue weighted by atomic mass is 10.1. The third kappa shape index (κ3) is 3.73. The van der Waals surface area contributed by atoms with Crippen molar-refractivity contribution in [1.82, 2.24) is 4.98 Å². The number of hydrogen-bond acceptors (Lipinski definition) is 5. The van der Waals surface area contributed by atoms with Crippen molar-refractivity contribution in [3.8, 4) is 11.6 Å². The monoisotopic (exact) mass is 279 g/mol. The summed E-state index contributed by atoms with van der Waals surface area (Å²) < 4.78 is 49.7. The van der Waals surface area contributed by atoms with Crippen LogP contribution in [0.15, 0.2) is 6.20 Å². The Morgan fingerprint density at radius 1 is 1.42 bits per heavy atom. The van der Waals surface area contributed by atoms with Crippen LogP contribution in [0.1, 0.15) is 22.8 Å². The third-order valence-electron chi connectivity index (χ3n) is 2.16. The normalized spacial score (nSPS) is 11.1. The van der Waals surface area contributed by atoms with Crippen LogP contribution in [0.4, 0.5) is 13.2 Å². The molecule has 0 atom stereocenters. The van der Waals surface area contributed by atoms with Crippen molar-refractivity contribution in [3.63, 3.8) is 0 Å². The summed E-state index contributed by atoms with van der Waals surface area (Å²) in [5.74, 6) is -1.70. The molecule has 0 amide bonds. The number of methoxy groups -OCH3 is 1. The minimum absolute atomic E-state index is 0.0215. The molecule has 0 unspecified atom stereocenters. The van der Waals surface area contributed by atoms with Gasteiger partial charge in [-0.1, -0.05) is 0 Å². The fraction of sp³-hybridized carbons (Fsp3) is 0.455. The Morgan fingerprint density at radius 2 is 2.05 bits per heavy atom. The lowest BCUT2D eigenvalue weighted by Gasteiger charge is -2.14. The van der Waals surface area contributed by atoms with Gasteiger partial charge < -0.3 is 14.2 Å². The zero-order valence-corrected chi connectivity index (χ0v) is 10.5. The molecule has 0 bridgehead atoms. The average molecular weight is 279 g/mol. The lowest BCUT2D eigenvalue weighted by Crippen LogP contribution is -2.19. The Balaban J connectivity index is 3.19. The zero-order valence-electron chi connectivity index (χ0n) is 10.5. The van der Waals surface area contributed by atoms with Gasteiger partial charge in [-0.3, -0.25) is 0 Å². The van der Waals surface area contributed by atoms with E-state index in [0.29, 0.717) is 0 Å². The molecule has 1 aromatic rings. The first kappa shape index (κ1) is 15.1. The van der Waals surface area contributed by atoms with E-state index < -0.39 is 18.2 Å². The van der Waals surface area contributed by atoms with Crippen molar-refractivity contribution in [2.75, 3.05) is 13.7 Å². The van der Waals surface area contributed by atoms with Gasteiger partial charge in [-0.2, -0.15) is 0 Å². The molecule has 0 saturated heterocycles. The molecule has 1 aromatic heterocycles. The van der Waals surface area contributed by atoms with Gasteiger partial charge in [-0.05, 0) is 13.8 Å². The summed E-state index contributed by atoms with van der Waals surface area (Å²) in [4.78, 5) is 15.0. The van der Waals surface area contributed by atoms with Gasteiger partial charge in [-0.25, -0.2) is 9.78 Å². The molecule has 8 heteroatoms. The number of pyridine rings is 1.